The first-order valence-corrected chi connectivity index (χ1v) is 16.1. The summed E-state index contributed by atoms with van der Waals surface area (Å²) in [4.78, 5) is 55.9. The highest BCUT2D eigenvalue weighted by atomic mass is 127. The summed E-state index contributed by atoms with van der Waals surface area (Å²) in [6.45, 7) is 0.313. The average Bonchev–Trinajstić information content (AvgIpc) is 3.28. The molecule has 1 N–H and O–H groups in total. The number of anilines is 1. The second kappa shape index (κ2) is 11.3. The third-order valence-corrected chi connectivity index (χ3v) is 10.3. The standard InChI is InChI=1S/C35H25BrINO6/c36-27-16-29(40)32-26(33(27)41)15-25-22(12-13-24-31(25)35(43)38(34(24)42)20-8-6-19(37)7-9-20)30(32)23-11-10-21(14-28(23)39)44-17-18-4-2-1-3-5-18/h1-12,14,16,24-25,30-31,39H,13,15,17H2. The highest BCUT2D eigenvalue weighted by Gasteiger charge is 2.56. The van der Waals surface area contributed by atoms with Gasteiger partial charge in [0.1, 0.15) is 18.1 Å². The van der Waals surface area contributed by atoms with Crippen LogP contribution in [0.25, 0.3) is 0 Å². The maximum absolute atomic E-state index is 14.0. The molecular weight excluding hydrogens is 737 g/mol. The van der Waals surface area contributed by atoms with Crippen molar-refractivity contribution >= 4 is 67.6 Å². The Morgan fingerprint density at radius 3 is 2.41 bits per heavy atom. The number of ketones is 2. The van der Waals surface area contributed by atoms with Gasteiger partial charge in [-0.05, 0) is 93.2 Å². The number of phenols is 1. The third kappa shape index (κ3) is 4.77. The molecule has 7 rings (SSSR count). The predicted octanol–water partition coefficient (Wildman–Crippen LogP) is 6.54. The largest absolute Gasteiger partial charge is 0.507 e. The lowest BCUT2D eigenvalue weighted by atomic mass is 9.59. The van der Waals surface area contributed by atoms with Gasteiger partial charge in [0, 0.05) is 38.3 Å². The van der Waals surface area contributed by atoms with E-state index in [1.807, 2.05) is 48.5 Å². The number of ether oxygens (including phenoxy) is 1. The number of benzene rings is 3. The van der Waals surface area contributed by atoms with Crippen LogP contribution in [0.4, 0.5) is 5.69 Å². The van der Waals surface area contributed by atoms with Crippen molar-refractivity contribution in [2.75, 3.05) is 4.90 Å². The van der Waals surface area contributed by atoms with E-state index in [4.69, 9.17) is 4.74 Å². The summed E-state index contributed by atoms with van der Waals surface area (Å²) in [6, 6.07) is 21.8. The fraction of sp³-hybridized carbons (Fsp3) is 0.200. The quantitative estimate of drug-likeness (QED) is 0.137. The zero-order valence-electron chi connectivity index (χ0n) is 23.2. The van der Waals surface area contributed by atoms with Gasteiger partial charge in [-0.1, -0.05) is 48.0 Å². The van der Waals surface area contributed by atoms with E-state index in [1.165, 1.54) is 17.0 Å². The van der Waals surface area contributed by atoms with Crippen LogP contribution in [-0.2, 0) is 25.8 Å². The number of carbonyl (C=O) groups excluding carboxylic acids is 4. The lowest BCUT2D eigenvalue weighted by Crippen LogP contribution is -2.39. The van der Waals surface area contributed by atoms with E-state index in [0.29, 0.717) is 41.2 Å². The first kappa shape index (κ1) is 28.9. The summed E-state index contributed by atoms with van der Waals surface area (Å²) < 4.78 is 7.05. The van der Waals surface area contributed by atoms with Gasteiger partial charge in [0.15, 0.2) is 11.6 Å². The fourth-order valence-corrected chi connectivity index (χ4v) is 7.81. The summed E-state index contributed by atoms with van der Waals surface area (Å²) in [5.74, 6) is -3.36. The third-order valence-electron chi connectivity index (χ3n) is 8.98. The molecule has 0 radical (unpaired) electrons. The Morgan fingerprint density at radius 1 is 0.932 bits per heavy atom. The minimum Gasteiger partial charge on any atom is -0.507 e. The van der Waals surface area contributed by atoms with Crippen molar-refractivity contribution in [3.63, 3.8) is 0 Å². The SMILES string of the molecule is O=C1C=C(Br)C(=O)C2=C1C(c1ccc(OCc3ccccc3)cc1O)C1=CCC3C(=O)N(c4ccc(I)cc4)C(=O)C3C1C2. The Labute approximate surface area is 275 Å². The Kier molecular flexibility index (Phi) is 7.40. The molecule has 3 aromatic carbocycles. The molecule has 4 atom stereocenters. The van der Waals surface area contributed by atoms with Crippen LogP contribution in [0.3, 0.4) is 0 Å². The number of allylic oxidation sites excluding steroid dienone is 6. The second-order valence-corrected chi connectivity index (χ2v) is 13.5. The highest BCUT2D eigenvalue weighted by Crippen LogP contribution is 2.56. The number of Topliss-reactive ketones (excluding diaryl/α,β-unsaturated/α-hetero) is 1. The lowest BCUT2D eigenvalue weighted by Gasteiger charge is -2.42. The maximum atomic E-state index is 14.0. The number of carbonyl (C=O) groups is 4. The number of fused-ring (bicyclic) bond motifs is 3. The van der Waals surface area contributed by atoms with Crippen LogP contribution in [-0.4, -0.2) is 28.5 Å². The van der Waals surface area contributed by atoms with Crippen molar-refractivity contribution in [1.29, 1.82) is 0 Å². The molecule has 0 bridgehead atoms. The molecule has 1 aliphatic heterocycles. The smallest absolute Gasteiger partial charge is 0.238 e. The van der Waals surface area contributed by atoms with Gasteiger partial charge in [0.2, 0.25) is 11.8 Å². The number of nitrogens with zero attached hydrogens (tertiary/aromatic N) is 1. The average molecular weight is 762 g/mol. The minimum atomic E-state index is -0.753. The summed E-state index contributed by atoms with van der Waals surface area (Å²) in [5.41, 5.74) is 3.32. The lowest BCUT2D eigenvalue weighted by molar-refractivity contribution is -0.123. The molecule has 2 amide bonds. The van der Waals surface area contributed by atoms with E-state index in [2.05, 4.69) is 38.5 Å². The van der Waals surface area contributed by atoms with Crippen LogP contribution < -0.4 is 9.64 Å². The molecule has 4 aliphatic rings. The van der Waals surface area contributed by atoms with Crippen LogP contribution in [0.1, 0.15) is 29.9 Å². The van der Waals surface area contributed by atoms with Gasteiger partial charge in [0.25, 0.3) is 0 Å². The van der Waals surface area contributed by atoms with E-state index in [9.17, 15) is 24.3 Å². The normalized spacial score (nSPS) is 24.5. The first-order chi connectivity index (χ1) is 21.2. The van der Waals surface area contributed by atoms with Crippen molar-refractivity contribution in [2.45, 2.75) is 25.4 Å². The molecule has 0 saturated carbocycles. The Bertz CT molecular complexity index is 1840. The number of hydrogen-bond acceptors (Lipinski definition) is 6. The van der Waals surface area contributed by atoms with Gasteiger partial charge < -0.3 is 9.84 Å². The van der Waals surface area contributed by atoms with E-state index in [-0.39, 0.29) is 40.0 Å². The number of hydrogen-bond donors (Lipinski definition) is 1. The van der Waals surface area contributed by atoms with Crippen LogP contribution in [0.5, 0.6) is 11.5 Å². The van der Waals surface area contributed by atoms with Crippen LogP contribution in [0.15, 0.2) is 106 Å². The van der Waals surface area contributed by atoms with Gasteiger partial charge in [-0.3, -0.25) is 24.1 Å². The number of aromatic hydroxyl groups is 1. The predicted molar refractivity (Wildman–Crippen MR) is 175 cm³/mol. The highest BCUT2D eigenvalue weighted by molar-refractivity contribution is 14.1. The molecule has 1 fully saturated rings. The second-order valence-electron chi connectivity index (χ2n) is 11.4. The molecule has 1 heterocycles. The van der Waals surface area contributed by atoms with Crippen molar-refractivity contribution in [3.05, 3.63) is 121 Å². The van der Waals surface area contributed by atoms with Crippen LogP contribution in [0, 0.1) is 21.3 Å². The monoisotopic (exact) mass is 761 g/mol. The molecule has 4 unspecified atom stereocenters. The van der Waals surface area contributed by atoms with E-state index in [1.54, 1.807) is 24.3 Å². The van der Waals surface area contributed by atoms with Crippen molar-refractivity contribution < 1.29 is 29.0 Å². The van der Waals surface area contributed by atoms with Crippen LogP contribution >= 0.6 is 38.5 Å². The zero-order chi connectivity index (χ0) is 30.7. The molecule has 0 spiro atoms. The van der Waals surface area contributed by atoms with Crippen molar-refractivity contribution in [2.24, 2.45) is 17.8 Å². The molecule has 3 aliphatic carbocycles. The number of imide groups is 1. The zero-order valence-corrected chi connectivity index (χ0v) is 26.9. The molecular formula is C35H25BrINO6. The van der Waals surface area contributed by atoms with Gasteiger partial charge in [0.05, 0.1) is 22.0 Å². The molecule has 3 aromatic rings. The van der Waals surface area contributed by atoms with Gasteiger partial charge in [-0.2, -0.15) is 0 Å². The van der Waals surface area contributed by atoms with Gasteiger partial charge >= 0.3 is 0 Å². The maximum Gasteiger partial charge on any atom is 0.238 e. The van der Waals surface area contributed by atoms with Crippen molar-refractivity contribution in [3.8, 4) is 11.5 Å². The molecule has 9 heteroatoms. The summed E-state index contributed by atoms with van der Waals surface area (Å²) >= 11 is 5.42. The van der Waals surface area contributed by atoms with E-state index < -0.39 is 23.7 Å². The minimum absolute atomic E-state index is 0.0840. The topological polar surface area (TPSA) is 101 Å². The number of phenolic OH excluding ortho intramolecular Hbond substituents is 1. The number of halogens is 2. The molecule has 220 valence electrons. The first-order valence-electron chi connectivity index (χ1n) is 14.2. The Balaban J connectivity index is 1.28. The summed E-state index contributed by atoms with van der Waals surface area (Å²) in [7, 11) is 0. The van der Waals surface area contributed by atoms with Crippen LogP contribution in [0.2, 0.25) is 0 Å². The number of amides is 2. The van der Waals surface area contributed by atoms with E-state index in [0.717, 1.165) is 14.7 Å². The summed E-state index contributed by atoms with van der Waals surface area (Å²) in [6.07, 6.45) is 3.69. The molecule has 1 saturated heterocycles. The van der Waals surface area contributed by atoms with Gasteiger partial charge in [-0.15, -0.1) is 0 Å². The van der Waals surface area contributed by atoms with E-state index >= 15 is 0 Å². The van der Waals surface area contributed by atoms with Gasteiger partial charge in [-0.25, -0.2) is 0 Å². The fourth-order valence-electron chi connectivity index (χ4n) is 7.00. The summed E-state index contributed by atoms with van der Waals surface area (Å²) in [5, 5.41) is 11.3. The Morgan fingerprint density at radius 2 is 1.68 bits per heavy atom. The molecule has 44 heavy (non-hydrogen) atoms. The van der Waals surface area contributed by atoms with Crippen molar-refractivity contribution in [1.82, 2.24) is 0 Å². The molecule has 7 nitrogen and oxygen atoms in total. The number of rotatable bonds is 5. The Hall–Kier alpha value is -3.83. The molecule has 0 aromatic heterocycles.